The SMILES string of the molecule is COCCNCc1c(Cl)cccc1OCc1cc(C)on1. The molecule has 6 heteroatoms. The molecule has 0 aliphatic rings. The largest absolute Gasteiger partial charge is 0.487 e. The van der Waals surface area contributed by atoms with Gasteiger partial charge in [-0.3, -0.25) is 0 Å². The second kappa shape index (κ2) is 8.02. The molecule has 2 rings (SSSR count). The summed E-state index contributed by atoms with van der Waals surface area (Å²) in [5.74, 6) is 1.51. The molecule has 1 aromatic carbocycles. The minimum absolute atomic E-state index is 0.350. The Morgan fingerprint density at radius 3 is 2.95 bits per heavy atom. The molecular weight excluding hydrogens is 292 g/mol. The molecular formula is C15H19ClN2O3. The van der Waals surface area contributed by atoms with E-state index in [9.17, 15) is 0 Å². The van der Waals surface area contributed by atoms with Gasteiger partial charge in [0, 0.05) is 36.9 Å². The van der Waals surface area contributed by atoms with Gasteiger partial charge < -0.3 is 19.3 Å². The number of hydrogen-bond acceptors (Lipinski definition) is 5. The van der Waals surface area contributed by atoms with Crippen LogP contribution < -0.4 is 10.1 Å². The van der Waals surface area contributed by atoms with Crippen LogP contribution in [-0.4, -0.2) is 25.4 Å². The van der Waals surface area contributed by atoms with Crippen LogP contribution in [0.25, 0.3) is 0 Å². The van der Waals surface area contributed by atoms with E-state index in [0.717, 1.165) is 29.3 Å². The molecule has 0 saturated carbocycles. The van der Waals surface area contributed by atoms with E-state index >= 15 is 0 Å². The van der Waals surface area contributed by atoms with Crippen LogP contribution in [0.15, 0.2) is 28.8 Å². The molecule has 0 aliphatic carbocycles. The summed E-state index contributed by atoms with van der Waals surface area (Å²) >= 11 is 6.24. The smallest absolute Gasteiger partial charge is 0.134 e. The first kappa shape index (κ1) is 15.8. The van der Waals surface area contributed by atoms with Crippen molar-refractivity contribution in [1.82, 2.24) is 10.5 Å². The summed E-state index contributed by atoms with van der Waals surface area (Å²) in [5, 5.41) is 7.84. The highest BCUT2D eigenvalue weighted by Gasteiger charge is 2.09. The zero-order valence-corrected chi connectivity index (χ0v) is 12.9. The lowest BCUT2D eigenvalue weighted by molar-refractivity contribution is 0.199. The van der Waals surface area contributed by atoms with Gasteiger partial charge in [-0.1, -0.05) is 22.8 Å². The Morgan fingerprint density at radius 1 is 1.38 bits per heavy atom. The highest BCUT2D eigenvalue weighted by Crippen LogP contribution is 2.27. The van der Waals surface area contributed by atoms with Gasteiger partial charge in [0.25, 0.3) is 0 Å². The average molecular weight is 311 g/mol. The maximum atomic E-state index is 6.24. The molecule has 0 aliphatic heterocycles. The van der Waals surface area contributed by atoms with Crippen LogP contribution in [-0.2, 0) is 17.9 Å². The van der Waals surface area contributed by atoms with E-state index in [0.29, 0.717) is 24.8 Å². The summed E-state index contributed by atoms with van der Waals surface area (Å²) < 4.78 is 15.8. The highest BCUT2D eigenvalue weighted by atomic mass is 35.5. The third-order valence-electron chi connectivity index (χ3n) is 2.91. The van der Waals surface area contributed by atoms with Gasteiger partial charge in [-0.25, -0.2) is 0 Å². The molecule has 0 radical (unpaired) electrons. The summed E-state index contributed by atoms with van der Waals surface area (Å²) in [5.41, 5.74) is 1.68. The van der Waals surface area contributed by atoms with Crippen molar-refractivity contribution in [3.05, 3.63) is 46.3 Å². The van der Waals surface area contributed by atoms with Crippen molar-refractivity contribution in [1.29, 1.82) is 0 Å². The molecule has 2 aromatic rings. The first-order valence-electron chi connectivity index (χ1n) is 6.72. The van der Waals surface area contributed by atoms with Crippen molar-refractivity contribution in [2.45, 2.75) is 20.1 Å². The molecule has 1 N–H and O–H groups in total. The Bertz CT molecular complexity index is 572. The van der Waals surface area contributed by atoms with E-state index in [1.54, 1.807) is 7.11 Å². The molecule has 0 amide bonds. The lowest BCUT2D eigenvalue weighted by atomic mass is 10.2. The molecule has 0 unspecified atom stereocenters. The number of halogens is 1. The molecule has 0 fully saturated rings. The molecule has 0 atom stereocenters. The zero-order valence-electron chi connectivity index (χ0n) is 12.2. The number of benzene rings is 1. The summed E-state index contributed by atoms with van der Waals surface area (Å²) in [6.45, 7) is 4.22. The van der Waals surface area contributed by atoms with Gasteiger partial charge in [-0.05, 0) is 19.1 Å². The number of aromatic nitrogens is 1. The van der Waals surface area contributed by atoms with E-state index in [4.69, 9.17) is 25.6 Å². The van der Waals surface area contributed by atoms with Gasteiger partial charge in [0.2, 0.25) is 0 Å². The van der Waals surface area contributed by atoms with Gasteiger partial charge in [0.05, 0.1) is 6.61 Å². The maximum Gasteiger partial charge on any atom is 0.134 e. The highest BCUT2D eigenvalue weighted by molar-refractivity contribution is 6.31. The Balaban J connectivity index is 1.99. The number of nitrogens with zero attached hydrogens (tertiary/aromatic N) is 1. The fourth-order valence-corrected chi connectivity index (χ4v) is 2.10. The number of nitrogens with one attached hydrogen (secondary N) is 1. The van der Waals surface area contributed by atoms with Gasteiger partial charge in [0.15, 0.2) is 0 Å². The van der Waals surface area contributed by atoms with Crippen molar-refractivity contribution >= 4 is 11.6 Å². The van der Waals surface area contributed by atoms with Crippen LogP contribution in [0, 0.1) is 6.92 Å². The molecule has 1 heterocycles. The fourth-order valence-electron chi connectivity index (χ4n) is 1.87. The van der Waals surface area contributed by atoms with Crippen molar-refractivity contribution in [3.8, 4) is 5.75 Å². The lowest BCUT2D eigenvalue weighted by Crippen LogP contribution is -2.19. The van der Waals surface area contributed by atoms with Crippen molar-refractivity contribution < 1.29 is 14.0 Å². The maximum absolute atomic E-state index is 6.24. The minimum atomic E-state index is 0.350. The summed E-state index contributed by atoms with van der Waals surface area (Å²) in [6, 6.07) is 7.46. The van der Waals surface area contributed by atoms with Gasteiger partial charge in [-0.2, -0.15) is 0 Å². The quantitative estimate of drug-likeness (QED) is 0.760. The third-order valence-corrected chi connectivity index (χ3v) is 3.27. The third kappa shape index (κ3) is 4.74. The van der Waals surface area contributed by atoms with Crippen LogP contribution >= 0.6 is 11.6 Å². The van der Waals surface area contributed by atoms with E-state index < -0.39 is 0 Å². The van der Waals surface area contributed by atoms with Crippen molar-refractivity contribution in [2.24, 2.45) is 0 Å². The Hall–Kier alpha value is -1.56. The van der Waals surface area contributed by atoms with Crippen LogP contribution in [0.1, 0.15) is 17.0 Å². The predicted octanol–water partition coefficient (Wildman–Crippen LogP) is 2.95. The summed E-state index contributed by atoms with van der Waals surface area (Å²) in [4.78, 5) is 0. The van der Waals surface area contributed by atoms with Crippen molar-refractivity contribution in [2.75, 3.05) is 20.3 Å². The Labute approximate surface area is 129 Å². The predicted molar refractivity (Wildman–Crippen MR) is 80.6 cm³/mol. The van der Waals surface area contributed by atoms with E-state index in [2.05, 4.69) is 10.5 Å². The number of rotatable bonds is 8. The zero-order chi connectivity index (χ0) is 15.1. The Morgan fingerprint density at radius 2 is 2.24 bits per heavy atom. The number of ether oxygens (including phenoxy) is 2. The second-order valence-electron chi connectivity index (χ2n) is 4.60. The first-order chi connectivity index (χ1) is 10.2. The van der Waals surface area contributed by atoms with E-state index in [1.807, 2.05) is 31.2 Å². The van der Waals surface area contributed by atoms with Crippen LogP contribution in [0.3, 0.4) is 0 Å². The van der Waals surface area contributed by atoms with Crippen LogP contribution in [0.4, 0.5) is 0 Å². The number of hydrogen-bond donors (Lipinski definition) is 1. The molecule has 0 bridgehead atoms. The second-order valence-corrected chi connectivity index (χ2v) is 5.01. The Kier molecular flexibility index (Phi) is 6.04. The average Bonchev–Trinajstić information content (AvgIpc) is 2.89. The van der Waals surface area contributed by atoms with Gasteiger partial charge in [-0.15, -0.1) is 0 Å². The van der Waals surface area contributed by atoms with Crippen LogP contribution in [0.2, 0.25) is 5.02 Å². The monoisotopic (exact) mass is 310 g/mol. The number of methoxy groups -OCH3 is 1. The summed E-state index contributed by atoms with van der Waals surface area (Å²) in [7, 11) is 1.67. The molecule has 0 spiro atoms. The number of aryl methyl sites for hydroxylation is 1. The molecule has 21 heavy (non-hydrogen) atoms. The van der Waals surface area contributed by atoms with Crippen molar-refractivity contribution in [3.63, 3.8) is 0 Å². The first-order valence-corrected chi connectivity index (χ1v) is 7.10. The normalized spacial score (nSPS) is 10.8. The van der Waals surface area contributed by atoms with E-state index in [1.165, 1.54) is 0 Å². The minimum Gasteiger partial charge on any atom is -0.487 e. The molecule has 1 aromatic heterocycles. The molecule has 114 valence electrons. The summed E-state index contributed by atoms with van der Waals surface area (Å²) in [6.07, 6.45) is 0. The van der Waals surface area contributed by atoms with E-state index in [-0.39, 0.29) is 0 Å². The van der Waals surface area contributed by atoms with Gasteiger partial charge >= 0.3 is 0 Å². The van der Waals surface area contributed by atoms with Crippen LogP contribution in [0.5, 0.6) is 5.75 Å². The molecule has 0 saturated heterocycles. The molecule has 5 nitrogen and oxygen atoms in total. The standard InChI is InChI=1S/C15H19ClN2O3/c1-11-8-12(18-21-11)10-20-15-5-3-4-14(16)13(15)9-17-6-7-19-2/h3-5,8,17H,6-7,9-10H2,1-2H3. The topological polar surface area (TPSA) is 56.5 Å². The van der Waals surface area contributed by atoms with Gasteiger partial charge in [0.1, 0.15) is 23.8 Å². The lowest BCUT2D eigenvalue weighted by Gasteiger charge is -2.13. The fraction of sp³-hybridized carbons (Fsp3) is 0.400.